The molecular formula is C22H20FN3. The molecular weight excluding hydrogens is 325 g/mol. The fraction of sp³-hybridized carbons (Fsp3) is 0.136. The molecule has 4 heteroatoms. The van der Waals surface area contributed by atoms with E-state index in [9.17, 15) is 4.39 Å². The molecule has 3 nitrogen and oxygen atoms in total. The highest BCUT2D eigenvalue weighted by Crippen LogP contribution is 2.24. The normalized spacial score (nSPS) is 13.3. The van der Waals surface area contributed by atoms with Crippen molar-refractivity contribution >= 4 is 5.71 Å². The maximum atomic E-state index is 13.2. The Morgan fingerprint density at radius 3 is 2.31 bits per heavy atom. The Bertz CT molecular complexity index is 930. The molecule has 0 bridgehead atoms. The Kier molecular flexibility index (Phi) is 4.50. The number of nitrogens with zero attached hydrogens (tertiary/aromatic N) is 2. The van der Waals surface area contributed by atoms with E-state index in [0.717, 1.165) is 34.5 Å². The Morgan fingerprint density at radius 2 is 1.58 bits per heavy atom. The first-order valence-electron chi connectivity index (χ1n) is 8.68. The summed E-state index contributed by atoms with van der Waals surface area (Å²) in [4.78, 5) is 0. The van der Waals surface area contributed by atoms with E-state index < -0.39 is 0 Å². The van der Waals surface area contributed by atoms with Gasteiger partial charge >= 0.3 is 0 Å². The van der Waals surface area contributed by atoms with Crippen LogP contribution in [-0.4, -0.2) is 10.7 Å². The summed E-state index contributed by atoms with van der Waals surface area (Å²) in [5.41, 5.74) is 12.3. The van der Waals surface area contributed by atoms with Crippen molar-refractivity contribution in [2.75, 3.05) is 0 Å². The van der Waals surface area contributed by atoms with E-state index in [-0.39, 0.29) is 5.82 Å². The molecule has 26 heavy (non-hydrogen) atoms. The molecule has 130 valence electrons. The third-order valence-electron chi connectivity index (χ3n) is 4.61. The van der Waals surface area contributed by atoms with Crippen molar-refractivity contribution < 1.29 is 4.39 Å². The summed E-state index contributed by atoms with van der Waals surface area (Å²) in [7, 11) is 0. The van der Waals surface area contributed by atoms with Crippen molar-refractivity contribution in [2.45, 2.75) is 19.6 Å². The molecule has 4 rings (SSSR count). The molecule has 0 amide bonds. The number of nitrogens with two attached hydrogens (primary N) is 1. The quantitative estimate of drug-likeness (QED) is 0.775. The van der Waals surface area contributed by atoms with Crippen molar-refractivity contribution in [3.63, 3.8) is 0 Å². The van der Waals surface area contributed by atoms with Crippen LogP contribution in [0, 0.1) is 5.82 Å². The molecule has 2 N–H and O–H groups in total. The van der Waals surface area contributed by atoms with Crippen LogP contribution < -0.4 is 5.73 Å². The SMILES string of the molecule is NCc1ccc(C2=NN(Cc3ccc(F)cc3)Cc3ccccc32)cc1. The standard InChI is InChI=1S/C22H20FN3/c23-20-11-7-17(8-12-20)14-26-15-19-3-1-2-4-21(19)22(25-26)18-9-5-16(13-24)6-10-18/h1-12H,13-15,24H2. The van der Waals surface area contributed by atoms with Crippen LogP contribution in [0.4, 0.5) is 4.39 Å². The zero-order valence-corrected chi connectivity index (χ0v) is 14.4. The molecule has 1 aliphatic rings. The average Bonchev–Trinajstić information content (AvgIpc) is 2.69. The van der Waals surface area contributed by atoms with E-state index in [1.807, 2.05) is 23.2 Å². The Labute approximate surface area is 152 Å². The highest BCUT2D eigenvalue weighted by atomic mass is 19.1. The van der Waals surface area contributed by atoms with Gasteiger partial charge in [-0.05, 0) is 28.8 Å². The fourth-order valence-electron chi connectivity index (χ4n) is 3.22. The lowest BCUT2D eigenvalue weighted by atomic mass is 9.95. The molecule has 1 aliphatic heterocycles. The maximum Gasteiger partial charge on any atom is 0.123 e. The predicted molar refractivity (Wildman–Crippen MR) is 102 cm³/mol. The van der Waals surface area contributed by atoms with Gasteiger partial charge in [0.2, 0.25) is 0 Å². The lowest BCUT2D eigenvalue weighted by Gasteiger charge is -2.28. The monoisotopic (exact) mass is 345 g/mol. The number of halogens is 1. The molecule has 0 radical (unpaired) electrons. The lowest BCUT2D eigenvalue weighted by molar-refractivity contribution is 0.266. The van der Waals surface area contributed by atoms with E-state index in [2.05, 4.69) is 30.3 Å². The summed E-state index contributed by atoms with van der Waals surface area (Å²) < 4.78 is 13.2. The second-order valence-corrected chi connectivity index (χ2v) is 6.46. The van der Waals surface area contributed by atoms with Crippen molar-refractivity contribution in [2.24, 2.45) is 10.8 Å². The van der Waals surface area contributed by atoms with Crippen LogP contribution in [0.1, 0.15) is 27.8 Å². The molecule has 0 aliphatic carbocycles. The first-order valence-corrected chi connectivity index (χ1v) is 8.68. The molecule has 1 heterocycles. The van der Waals surface area contributed by atoms with E-state index in [4.69, 9.17) is 10.8 Å². The zero-order chi connectivity index (χ0) is 17.9. The minimum Gasteiger partial charge on any atom is -0.326 e. The van der Waals surface area contributed by atoms with E-state index in [1.165, 1.54) is 17.7 Å². The Morgan fingerprint density at radius 1 is 0.885 bits per heavy atom. The summed E-state index contributed by atoms with van der Waals surface area (Å²) >= 11 is 0. The van der Waals surface area contributed by atoms with Gasteiger partial charge in [0, 0.05) is 17.7 Å². The second-order valence-electron chi connectivity index (χ2n) is 6.46. The van der Waals surface area contributed by atoms with Gasteiger partial charge in [-0.1, -0.05) is 60.7 Å². The van der Waals surface area contributed by atoms with E-state index in [1.54, 1.807) is 12.1 Å². The average molecular weight is 345 g/mol. The highest BCUT2D eigenvalue weighted by molar-refractivity contribution is 6.14. The first kappa shape index (κ1) is 16.5. The summed E-state index contributed by atoms with van der Waals surface area (Å²) in [6.07, 6.45) is 0. The molecule has 0 atom stereocenters. The number of benzene rings is 3. The molecule has 3 aromatic carbocycles. The largest absolute Gasteiger partial charge is 0.326 e. The predicted octanol–water partition coefficient (Wildman–Crippen LogP) is 4.05. The fourth-order valence-corrected chi connectivity index (χ4v) is 3.22. The van der Waals surface area contributed by atoms with Gasteiger partial charge in [0.1, 0.15) is 5.82 Å². The Balaban J connectivity index is 1.69. The maximum absolute atomic E-state index is 13.2. The molecule has 0 spiro atoms. The van der Waals surface area contributed by atoms with Gasteiger partial charge in [-0.3, -0.25) is 5.01 Å². The van der Waals surface area contributed by atoms with Gasteiger partial charge in [-0.2, -0.15) is 5.10 Å². The first-order chi connectivity index (χ1) is 12.7. The van der Waals surface area contributed by atoms with Crippen LogP contribution in [0.15, 0.2) is 77.9 Å². The number of hydrazone groups is 1. The zero-order valence-electron chi connectivity index (χ0n) is 14.4. The van der Waals surface area contributed by atoms with Crippen LogP contribution in [0.25, 0.3) is 0 Å². The minimum atomic E-state index is -0.220. The van der Waals surface area contributed by atoms with Crippen LogP contribution in [0.3, 0.4) is 0 Å². The van der Waals surface area contributed by atoms with Gasteiger partial charge in [0.05, 0.1) is 18.8 Å². The number of fused-ring (bicyclic) bond motifs is 1. The van der Waals surface area contributed by atoms with Crippen molar-refractivity contribution in [1.82, 2.24) is 5.01 Å². The van der Waals surface area contributed by atoms with Gasteiger partial charge < -0.3 is 5.73 Å². The molecule has 0 unspecified atom stereocenters. The highest BCUT2D eigenvalue weighted by Gasteiger charge is 2.20. The topological polar surface area (TPSA) is 41.6 Å². The number of hydrogen-bond donors (Lipinski definition) is 1. The molecule has 3 aromatic rings. The van der Waals surface area contributed by atoms with Crippen LogP contribution >= 0.6 is 0 Å². The molecule has 0 fully saturated rings. The summed E-state index contributed by atoms with van der Waals surface area (Å²) in [6, 6.07) is 23.1. The van der Waals surface area contributed by atoms with Gasteiger partial charge in [0.15, 0.2) is 0 Å². The van der Waals surface area contributed by atoms with E-state index in [0.29, 0.717) is 13.1 Å². The third-order valence-corrected chi connectivity index (χ3v) is 4.61. The second kappa shape index (κ2) is 7.10. The summed E-state index contributed by atoms with van der Waals surface area (Å²) in [5.74, 6) is -0.220. The van der Waals surface area contributed by atoms with Crippen LogP contribution in [-0.2, 0) is 19.6 Å². The number of rotatable bonds is 4. The molecule has 0 saturated heterocycles. The minimum absolute atomic E-state index is 0.220. The van der Waals surface area contributed by atoms with Gasteiger partial charge in [0.25, 0.3) is 0 Å². The van der Waals surface area contributed by atoms with Gasteiger partial charge in [-0.15, -0.1) is 0 Å². The van der Waals surface area contributed by atoms with E-state index >= 15 is 0 Å². The number of hydrogen-bond acceptors (Lipinski definition) is 3. The molecule has 0 saturated carbocycles. The summed E-state index contributed by atoms with van der Waals surface area (Å²) in [5, 5.41) is 6.92. The lowest BCUT2D eigenvalue weighted by Crippen LogP contribution is -2.26. The van der Waals surface area contributed by atoms with Crippen LogP contribution in [0.2, 0.25) is 0 Å². The summed E-state index contributed by atoms with van der Waals surface area (Å²) in [6.45, 7) is 1.90. The van der Waals surface area contributed by atoms with Gasteiger partial charge in [-0.25, -0.2) is 4.39 Å². The van der Waals surface area contributed by atoms with Crippen molar-refractivity contribution in [1.29, 1.82) is 0 Å². The molecule has 0 aromatic heterocycles. The third kappa shape index (κ3) is 3.37. The smallest absolute Gasteiger partial charge is 0.123 e. The van der Waals surface area contributed by atoms with Crippen LogP contribution in [0.5, 0.6) is 0 Å². The van der Waals surface area contributed by atoms with Crippen molar-refractivity contribution in [3.05, 3.63) is 106 Å². The van der Waals surface area contributed by atoms with Crippen molar-refractivity contribution in [3.8, 4) is 0 Å². The Hall–Kier alpha value is -2.98.